The minimum absolute atomic E-state index is 0.0590. The van der Waals surface area contributed by atoms with E-state index in [2.05, 4.69) is 10.6 Å². The molecule has 0 aromatic carbocycles. The largest absolute Gasteiger partial charge is 0.481 e. The second-order valence-electron chi connectivity index (χ2n) is 4.63. The van der Waals surface area contributed by atoms with E-state index < -0.39 is 18.1 Å². The zero-order valence-electron chi connectivity index (χ0n) is 11.3. The van der Waals surface area contributed by atoms with Gasteiger partial charge in [-0.2, -0.15) is 0 Å². The highest BCUT2D eigenvalue weighted by molar-refractivity contribution is 5.87. The molecule has 0 radical (unpaired) electrons. The van der Waals surface area contributed by atoms with Gasteiger partial charge in [-0.25, -0.2) is 0 Å². The number of rotatable bonds is 7. The Balaban J connectivity index is 4.57. The summed E-state index contributed by atoms with van der Waals surface area (Å²) in [5.41, 5.74) is 0. The number of nitrogens with one attached hydrogen (secondary N) is 2. The lowest BCUT2D eigenvalue weighted by Crippen LogP contribution is -2.51. The molecule has 0 bridgehead atoms. The first-order valence-corrected chi connectivity index (χ1v) is 6.07. The molecule has 0 fully saturated rings. The van der Waals surface area contributed by atoms with Crippen molar-refractivity contribution in [3.05, 3.63) is 0 Å². The second-order valence-corrected chi connectivity index (χ2v) is 4.63. The van der Waals surface area contributed by atoms with Gasteiger partial charge >= 0.3 is 5.97 Å². The number of hydrogen-bond acceptors (Lipinski definition) is 3. The Bertz CT molecular complexity index is 315. The first-order valence-electron chi connectivity index (χ1n) is 6.07. The maximum Gasteiger partial charge on any atom is 0.305 e. The van der Waals surface area contributed by atoms with Crippen LogP contribution in [-0.2, 0) is 14.4 Å². The normalized spacial score (nSPS) is 13.8. The molecular weight excluding hydrogens is 236 g/mol. The fourth-order valence-electron chi connectivity index (χ4n) is 1.55. The van der Waals surface area contributed by atoms with Crippen LogP contribution in [0.1, 0.15) is 40.5 Å². The van der Waals surface area contributed by atoms with E-state index in [0.717, 1.165) is 0 Å². The van der Waals surface area contributed by atoms with Crippen molar-refractivity contribution in [2.45, 2.75) is 52.6 Å². The first-order chi connectivity index (χ1) is 8.27. The van der Waals surface area contributed by atoms with Crippen molar-refractivity contribution >= 4 is 17.8 Å². The Hall–Kier alpha value is -1.59. The number of amides is 2. The summed E-state index contributed by atoms with van der Waals surface area (Å²) in [4.78, 5) is 33.6. The Kier molecular flexibility index (Phi) is 7.00. The van der Waals surface area contributed by atoms with Crippen LogP contribution in [0, 0.1) is 5.92 Å². The van der Waals surface area contributed by atoms with E-state index in [4.69, 9.17) is 5.11 Å². The van der Waals surface area contributed by atoms with Gasteiger partial charge in [-0.1, -0.05) is 20.8 Å². The van der Waals surface area contributed by atoms with Crippen LogP contribution in [-0.4, -0.2) is 35.0 Å². The average Bonchev–Trinajstić information content (AvgIpc) is 2.23. The minimum atomic E-state index is -0.956. The van der Waals surface area contributed by atoms with Gasteiger partial charge in [0.1, 0.15) is 6.04 Å². The smallest absolute Gasteiger partial charge is 0.305 e. The SMILES string of the molecule is CCC(CC(=O)O)NC(=O)C(NC(C)=O)C(C)C. The maximum absolute atomic E-state index is 12.0. The summed E-state index contributed by atoms with van der Waals surface area (Å²) >= 11 is 0. The van der Waals surface area contributed by atoms with Gasteiger partial charge in [0.25, 0.3) is 0 Å². The summed E-state index contributed by atoms with van der Waals surface area (Å²) in [7, 11) is 0. The topological polar surface area (TPSA) is 95.5 Å². The first kappa shape index (κ1) is 16.4. The van der Waals surface area contributed by atoms with Crippen LogP contribution in [0.3, 0.4) is 0 Å². The van der Waals surface area contributed by atoms with Crippen LogP contribution in [0.25, 0.3) is 0 Å². The fourth-order valence-corrected chi connectivity index (χ4v) is 1.55. The number of carbonyl (C=O) groups is 3. The molecule has 0 rings (SSSR count). The predicted molar refractivity (Wildman–Crippen MR) is 66.9 cm³/mol. The fraction of sp³-hybridized carbons (Fsp3) is 0.750. The monoisotopic (exact) mass is 258 g/mol. The van der Waals surface area contributed by atoms with E-state index in [1.165, 1.54) is 6.92 Å². The maximum atomic E-state index is 12.0. The lowest BCUT2D eigenvalue weighted by molar-refractivity contribution is -0.138. The van der Waals surface area contributed by atoms with Gasteiger partial charge in [0, 0.05) is 13.0 Å². The van der Waals surface area contributed by atoms with Crippen molar-refractivity contribution in [3.63, 3.8) is 0 Å². The third-order valence-electron chi connectivity index (χ3n) is 2.57. The number of hydrogen-bond donors (Lipinski definition) is 3. The molecule has 0 saturated heterocycles. The summed E-state index contributed by atoms with van der Waals surface area (Å²) in [5.74, 6) is -1.64. The van der Waals surface area contributed by atoms with E-state index in [0.29, 0.717) is 6.42 Å². The molecule has 0 saturated carbocycles. The van der Waals surface area contributed by atoms with Crippen molar-refractivity contribution < 1.29 is 19.5 Å². The van der Waals surface area contributed by atoms with Gasteiger partial charge in [0.15, 0.2) is 0 Å². The van der Waals surface area contributed by atoms with Crippen LogP contribution >= 0.6 is 0 Å². The quantitative estimate of drug-likeness (QED) is 0.620. The van der Waals surface area contributed by atoms with Crippen molar-refractivity contribution in [2.75, 3.05) is 0 Å². The highest BCUT2D eigenvalue weighted by atomic mass is 16.4. The van der Waals surface area contributed by atoms with E-state index in [9.17, 15) is 14.4 Å². The third kappa shape index (κ3) is 6.22. The molecular formula is C12H22N2O4. The van der Waals surface area contributed by atoms with E-state index >= 15 is 0 Å². The van der Waals surface area contributed by atoms with Crippen molar-refractivity contribution in [1.82, 2.24) is 10.6 Å². The molecule has 0 spiro atoms. The minimum Gasteiger partial charge on any atom is -0.481 e. The van der Waals surface area contributed by atoms with E-state index in [1.807, 2.05) is 13.8 Å². The van der Waals surface area contributed by atoms with Gasteiger partial charge < -0.3 is 15.7 Å². The molecule has 3 N–H and O–H groups in total. The van der Waals surface area contributed by atoms with Crippen molar-refractivity contribution in [1.29, 1.82) is 0 Å². The van der Waals surface area contributed by atoms with Gasteiger partial charge in [-0.05, 0) is 12.3 Å². The molecule has 0 aromatic rings. The number of carbonyl (C=O) groups excluding carboxylic acids is 2. The molecule has 6 nitrogen and oxygen atoms in total. The number of carboxylic acids is 1. The summed E-state index contributed by atoms with van der Waals surface area (Å²) in [5, 5.41) is 13.9. The highest BCUT2D eigenvalue weighted by Gasteiger charge is 2.25. The second kappa shape index (κ2) is 7.68. The van der Waals surface area contributed by atoms with Crippen LogP contribution in [0.4, 0.5) is 0 Å². The van der Waals surface area contributed by atoms with Crippen LogP contribution in [0.5, 0.6) is 0 Å². The van der Waals surface area contributed by atoms with Crippen LogP contribution in [0.15, 0.2) is 0 Å². The number of carboxylic acid groups (broad SMARTS) is 1. The molecule has 2 atom stereocenters. The average molecular weight is 258 g/mol. The molecule has 18 heavy (non-hydrogen) atoms. The van der Waals surface area contributed by atoms with Gasteiger partial charge in [-0.15, -0.1) is 0 Å². The third-order valence-corrected chi connectivity index (χ3v) is 2.57. The lowest BCUT2D eigenvalue weighted by atomic mass is 10.0. The summed E-state index contributed by atoms with van der Waals surface area (Å²) < 4.78 is 0. The van der Waals surface area contributed by atoms with Crippen LogP contribution in [0.2, 0.25) is 0 Å². The summed E-state index contributed by atoms with van der Waals surface area (Å²) in [6.45, 7) is 6.78. The summed E-state index contributed by atoms with van der Waals surface area (Å²) in [6.07, 6.45) is 0.413. The zero-order chi connectivity index (χ0) is 14.3. The lowest BCUT2D eigenvalue weighted by Gasteiger charge is -2.24. The van der Waals surface area contributed by atoms with Crippen molar-refractivity contribution in [3.8, 4) is 0 Å². The molecule has 0 aliphatic rings. The molecule has 0 heterocycles. The van der Waals surface area contributed by atoms with Gasteiger partial charge in [0.05, 0.1) is 6.42 Å². The molecule has 2 unspecified atom stereocenters. The molecule has 0 aromatic heterocycles. The standard InChI is InChI=1S/C12H22N2O4/c1-5-9(6-10(16)17)14-12(18)11(7(2)3)13-8(4)15/h7,9,11H,5-6H2,1-4H3,(H,13,15)(H,14,18)(H,16,17). The predicted octanol–water partition coefficient (Wildman–Crippen LogP) is 0.517. The Labute approximate surface area is 107 Å². The van der Waals surface area contributed by atoms with Crippen molar-refractivity contribution in [2.24, 2.45) is 5.92 Å². The molecule has 0 aliphatic heterocycles. The Morgan fingerprint density at radius 1 is 1.17 bits per heavy atom. The van der Waals surface area contributed by atoms with Crippen LogP contribution < -0.4 is 10.6 Å². The summed E-state index contributed by atoms with van der Waals surface area (Å²) in [6, 6.07) is -1.05. The van der Waals surface area contributed by atoms with Gasteiger partial charge in [0.2, 0.25) is 11.8 Å². The zero-order valence-corrected chi connectivity index (χ0v) is 11.3. The van der Waals surface area contributed by atoms with E-state index in [-0.39, 0.29) is 24.2 Å². The Morgan fingerprint density at radius 2 is 1.72 bits per heavy atom. The highest BCUT2D eigenvalue weighted by Crippen LogP contribution is 2.04. The van der Waals surface area contributed by atoms with Gasteiger partial charge in [-0.3, -0.25) is 14.4 Å². The number of aliphatic carboxylic acids is 1. The molecule has 0 aliphatic carbocycles. The Morgan fingerprint density at radius 3 is 2.06 bits per heavy atom. The van der Waals surface area contributed by atoms with E-state index in [1.54, 1.807) is 6.92 Å². The molecule has 104 valence electrons. The molecule has 6 heteroatoms. The molecule has 2 amide bonds.